The van der Waals surface area contributed by atoms with Crippen LogP contribution < -0.4 is 5.73 Å². The average molecular weight is 537 g/mol. The van der Waals surface area contributed by atoms with Gasteiger partial charge in [-0.2, -0.15) is 18.4 Å². The van der Waals surface area contributed by atoms with E-state index in [9.17, 15) is 41.5 Å². The summed E-state index contributed by atoms with van der Waals surface area (Å²) >= 11 is 0. The number of methoxy groups -OCH3 is 1. The Morgan fingerprint density at radius 1 is 1.14 bits per heavy atom. The minimum absolute atomic E-state index is 0.159. The molecule has 2 saturated carbocycles. The van der Waals surface area contributed by atoms with Gasteiger partial charge in [0.2, 0.25) is 5.91 Å². The molecule has 2 aromatic rings. The summed E-state index contributed by atoms with van der Waals surface area (Å²) in [5.74, 6) is -3.69. The summed E-state index contributed by atoms with van der Waals surface area (Å²) in [5, 5.41) is 18.1. The van der Waals surface area contributed by atoms with Crippen molar-refractivity contribution in [3.05, 3.63) is 54.1 Å². The van der Waals surface area contributed by atoms with Crippen molar-refractivity contribution in [2.75, 3.05) is 7.11 Å². The molecule has 5 atom stereocenters. The van der Waals surface area contributed by atoms with Crippen molar-refractivity contribution < 1.29 is 41.0 Å². The molecule has 0 aromatic heterocycles. The zero-order valence-electron chi connectivity index (χ0n) is 19.5. The second kappa shape index (κ2) is 8.85. The van der Waals surface area contributed by atoms with E-state index in [4.69, 9.17) is 10.5 Å². The number of carboxylic acid groups (broad SMARTS) is 1. The molecule has 4 rings (SSSR count). The molecule has 0 saturated heterocycles. The van der Waals surface area contributed by atoms with Crippen LogP contribution in [0.4, 0.5) is 13.2 Å². The summed E-state index contributed by atoms with van der Waals surface area (Å²) in [6.07, 6.45) is -7.57. The van der Waals surface area contributed by atoms with E-state index in [0.29, 0.717) is 5.56 Å². The van der Waals surface area contributed by atoms with E-state index in [1.54, 1.807) is 36.4 Å². The highest BCUT2D eigenvalue weighted by atomic mass is 32.2. The molecule has 0 radical (unpaired) electrons. The molecule has 2 fully saturated rings. The Kier molecular flexibility index (Phi) is 6.37. The number of ether oxygens (including phenoxy) is 1. The first-order chi connectivity index (χ1) is 17.3. The summed E-state index contributed by atoms with van der Waals surface area (Å²) in [7, 11) is -3.58. The normalized spacial score (nSPS) is 29.4. The van der Waals surface area contributed by atoms with Crippen LogP contribution in [0.25, 0.3) is 11.1 Å². The highest BCUT2D eigenvalue weighted by Gasteiger charge is 2.75. The topological polar surface area (TPSA) is 148 Å². The van der Waals surface area contributed by atoms with Crippen molar-refractivity contribution in [3.63, 3.8) is 0 Å². The van der Waals surface area contributed by atoms with E-state index in [0.717, 1.165) is 19.2 Å². The number of carboxylic acids is 1. The summed E-state index contributed by atoms with van der Waals surface area (Å²) in [6, 6.07) is 12.8. The molecule has 0 aliphatic heterocycles. The second-order valence-corrected chi connectivity index (χ2v) is 11.7. The first-order valence-electron chi connectivity index (χ1n) is 11.2. The van der Waals surface area contributed by atoms with Gasteiger partial charge in [-0.15, -0.1) is 0 Å². The molecule has 2 aliphatic carbocycles. The number of nitrogens with two attached hydrogens (primary N) is 1. The maximum Gasteiger partial charge on any atom is 0.417 e. The van der Waals surface area contributed by atoms with Crippen molar-refractivity contribution in [1.82, 2.24) is 0 Å². The number of hydrogen-bond donors (Lipinski definition) is 2. The number of halogens is 3. The number of sulfone groups is 1. The first kappa shape index (κ1) is 26.6. The predicted octanol–water partition coefficient (Wildman–Crippen LogP) is 3.41. The van der Waals surface area contributed by atoms with Crippen molar-refractivity contribution in [3.8, 4) is 17.2 Å². The number of nitriles is 1. The van der Waals surface area contributed by atoms with Crippen LogP contribution in [-0.2, 0) is 30.3 Å². The molecule has 2 aliphatic rings. The Morgan fingerprint density at radius 3 is 2.27 bits per heavy atom. The molecule has 196 valence electrons. The molecule has 8 nitrogen and oxygen atoms in total. The number of primary amides is 1. The predicted molar refractivity (Wildman–Crippen MR) is 123 cm³/mol. The van der Waals surface area contributed by atoms with Crippen LogP contribution in [-0.4, -0.2) is 43.9 Å². The lowest BCUT2D eigenvalue weighted by Gasteiger charge is -2.31. The quantitative estimate of drug-likeness (QED) is 0.551. The number of amides is 1. The van der Waals surface area contributed by atoms with Crippen LogP contribution in [0.3, 0.4) is 0 Å². The molecule has 12 heteroatoms. The van der Waals surface area contributed by atoms with Crippen LogP contribution >= 0.6 is 0 Å². The SMILES string of the molecule is CO[C@H]1C[C@@H](S(=O)(=O)c2ccc(-c3ccccc3)cc2C(F)(F)F)C[C@]1(C(=O)O)C1CC1(C#N)C(N)=O. The molecule has 0 spiro atoms. The van der Waals surface area contributed by atoms with E-state index in [1.807, 2.05) is 0 Å². The lowest BCUT2D eigenvalue weighted by atomic mass is 9.75. The Hall–Kier alpha value is -3.43. The van der Waals surface area contributed by atoms with Crippen molar-refractivity contribution >= 4 is 21.7 Å². The van der Waals surface area contributed by atoms with E-state index < -0.39 is 79.3 Å². The maximum absolute atomic E-state index is 14.1. The summed E-state index contributed by atoms with van der Waals surface area (Å²) in [5.41, 5.74) is 0.775. The Bertz CT molecular complexity index is 1410. The zero-order valence-corrected chi connectivity index (χ0v) is 20.3. The van der Waals surface area contributed by atoms with Crippen molar-refractivity contribution in [2.24, 2.45) is 22.5 Å². The fourth-order valence-electron chi connectivity index (χ4n) is 5.65. The van der Waals surface area contributed by atoms with E-state index in [1.165, 1.54) is 6.07 Å². The fraction of sp³-hybridized carbons (Fsp3) is 0.400. The standard InChI is InChI=1S/C25H23F3N2O6S/c1-36-20-10-16(11-24(20,22(32)33)19-12-23(19,13-29)21(30)31)37(34,35)18-8-7-15(9-17(18)25(26,27)28)14-5-3-2-4-6-14/h2-9,16,19-20H,10-12H2,1H3,(H2,30,31)(H,32,33)/t16-,19?,20+,23?,24+/m1/s1. The average Bonchev–Trinajstić information content (AvgIpc) is 3.48. The van der Waals surface area contributed by atoms with Gasteiger partial charge in [0.15, 0.2) is 9.84 Å². The van der Waals surface area contributed by atoms with Crippen LogP contribution in [0.2, 0.25) is 0 Å². The first-order valence-corrected chi connectivity index (χ1v) is 12.8. The van der Waals surface area contributed by atoms with Gasteiger partial charge in [0.1, 0.15) is 10.8 Å². The molecular weight excluding hydrogens is 513 g/mol. The van der Waals surface area contributed by atoms with E-state index in [-0.39, 0.29) is 12.0 Å². The van der Waals surface area contributed by atoms with E-state index in [2.05, 4.69) is 0 Å². The summed E-state index contributed by atoms with van der Waals surface area (Å²) in [4.78, 5) is 23.5. The van der Waals surface area contributed by atoms with Crippen molar-refractivity contribution in [2.45, 2.75) is 41.7 Å². The Labute approximate surface area is 210 Å². The van der Waals surface area contributed by atoms with Crippen LogP contribution in [0.1, 0.15) is 24.8 Å². The number of carbonyl (C=O) groups excluding carboxylic acids is 1. The van der Waals surface area contributed by atoms with Gasteiger partial charge in [0, 0.05) is 13.0 Å². The van der Waals surface area contributed by atoms with Gasteiger partial charge in [-0.05, 0) is 42.5 Å². The number of hydrogen-bond acceptors (Lipinski definition) is 6. The second-order valence-electron chi connectivity index (χ2n) is 9.46. The Balaban J connectivity index is 1.80. The molecular formula is C25H23F3N2O6S. The van der Waals surface area contributed by atoms with Gasteiger partial charge < -0.3 is 15.6 Å². The van der Waals surface area contributed by atoms with Crippen LogP contribution in [0.5, 0.6) is 0 Å². The molecule has 2 unspecified atom stereocenters. The lowest BCUT2D eigenvalue weighted by molar-refractivity contribution is -0.159. The minimum atomic E-state index is -5.02. The smallest absolute Gasteiger partial charge is 0.417 e. The summed E-state index contributed by atoms with van der Waals surface area (Å²) in [6.45, 7) is 0. The monoisotopic (exact) mass is 536 g/mol. The number of nitrogens with zero attached hydrogens (tertiary/aromatic N) is 1. The van der Waals surface area contributed by atoms with Crippen LogP contribution in [0.15, 0.2) is 53.4 Å². The van der Waals surface area contributed by atoms with Crippen LogP contribution in [0, 0.1) is 28.1 Å². The van der Waals surface area contributed by atoms with Gasteiger partial charge in [0.25, 0.3) is 0 Å². The van der Waals surface area contributed by atoms with Crippen molar-refractivity contribution in [1.29, 1.82) is 5.26 Å². The molecule has 3 N–H and O–H groups in total. The van der Waals surface area contributed by atoms with Gasteiger partial charge in [-0.25, -0.2) is 8.42 Å². The number of alkyl halides is 3. The molecule has 0 heterocycles. The van der Waals surface area contributed by atoms with E-state index >= 15 is 0 Å². The third-order valence-electron chi connectivity index (χ3n) is 7.66. The molecule has 2 aromatic carbocycles. The van der Waals surface area contributed by atoms with Gasteiger partial charge >= 0.3 is 12.1 Å². The maximum atomic E-state index is 14.1. The number of benzene rings is 2. The minimum Gasteiger partial charge on any atom is -0.481 e. The van der Waals surface area contributed by atoms with Gasteiger partial charge in [-0.1, -0.05) is 36.4 Å². The summed E-state index contributed by atoms with van der Waals surface area (Å²) < 4.78 is 74.8. The third-order valence-corrected chi connectivity index (χ3v) is 9.86. The molecule has 1 amide bonds. The molecule has 37 heavy (non-hydrogen) atoms. The third kappa shape index (κ3) is 4.06. The molecule has 0 bridgehead atoms. The number of rotatable bonds is 7. The van der Waals surface area contributed by atoms with Gasteiger partial charge in [0.05, 0.1) is 27.9 Å². The number of aliphatic carboxylic acids is 1. The highest BCUT2D eigenvalue weighted by molar-refractivity contribution is 7.92. The lowest BCUT2D eigenvalue weighted by Crippen LogP contribution is -2.44. The highest BCUT2D eigenvalue weighted by Crippen LogP contribution is 2.66. The number of carbonyl (C=O) groups is 2. The van der Waals surface area contributed by atoms with Gasteiger partial charge in [-0.3, -0.25) is 9.59 Å². The zero-order chi connectivity index (χ0) is 27.4. The Morgan fingerprint density at radius 2 is 1.78 bits per heavy atom. The fourth-order valence-corrected chi connectivity index (χ4v) is 7.67. The largest absolute Gasteiger partial charge is 0.481 e.